The van der Waals surface area contributed by atoms with E-state index in [1.54, 1.807) is 0 Å². The summed E-state index contributed by atoms with van der Waals surface area (Å²) in [5, 5.41) is 0. The summed E-state index contributed by atoms with van der Waals surface area (Å²) in [5.41, 5.74) is 2.88. The molecule has 0 amide bonds. The van der Waals surface area contributed by atoms with Crippen molar-refractivity contribution >= 4 is 12.4 Å². The van der Waals surface area contributed by atoms with Crippen LogP contribution in [0.3, 0.4) is 0 Å². The van der Waals surface area contributed by atoms with Gasteiger partial charge in [-0.25, -0.2) is 0 Å². The lowest BCUT2D eigenvalue weighted by molar-refractivity contribution is 0.327. The first-order valence-corrected chi connectivity index (χ1v) is 7.76. The molecule has 1 heterocycles. The van der Waals surface area contributed by atoms with Gasteiger partial charge in [-0.15, -0.1) is 12.4 Å². The molecule has 1 aliphatic rings. The third kappa shape index (κ3) is 4.33. The van der Waals surface area contributed by atoms with Gasteiger partial charge in [0.15, 0.2) is 0 Å². The molecule has 0 aliphatic carbocycles. The predicted molar refractivity (Wildman–Crippen MR) is 92.3 cm³/mol. The van der Waals surface area contributed by atoms with Crippen molar-refractivity contribution in [2.24, 2.45) is 0 Å². The molecule has 0 radical (unpaired) electrons. The minimum atomic E-state index is 0. The molecule has 0 aromatic heterocycles. The summed E-state index contributed by atoms with van der Waals surface area (Å²) in [6.07, 6.45) is 3.97. The minimum absolute atomic E-state index is 0. The SMILES string of the molecule is Cl.c1ccc(C(CCN2CCCC2)c2ccccc2)cc1. The van der Waals surface area contributed by atoms with Crippen LogP contribution in [0.4, 0.5) is 0 Å². The quantitative estimate of drug-likeness (QED) is 0.772. The van der Waals surface area contributed by atoms with Gasteiger partial charge in [0.1, 0.15) is 0 Å². The zero-order chi connectivity index (χ0) is 13.6. The van der Waals surface area contributed by atoms with Crippen molar-refractivity contribution in [2.45, 2.75) is 25.2 Å². The number of halogens is 1. The molecule has 0 N–H and O–H groups in total. The van der Waals surface area contributed by atoms with Crippen molar-refractivity contribution in [3.8, 4) is 0 Å². The number of benzene rings is 2. The van der Waals surface area contributed by atoms with Crippen LogP contribution in [0.2, 0.25) is 0 Å². The van der Waals surface area contributed by atoms with Crippen LogP contribution in [0, 0.1) is 0 Å². The van der Waals surface area contributed by atoms with Crippen molar-refractivity contribution < 1.29 is 0 Å². The smallest absolute Gasteiger partial charge is 0.0101 e. The molecule has 112 valence electrons. The van der Waals surface area contributed by atoms with E-state index in [-0.39, 0.29) is 12.4 Å². The molecule has 0 saturated carbocycles. The van der Waals surface area contributed by atoms with Crippen molar-refractivity contribution in [3.05, 3.63) is 71.8 Å². The predicted octanol–water partition coefficient (Wildman–Crippen LogP) is 4.73. The highest BCUT2D eigenvalue weighted by Gasteiger charge is 2.17. The van der Waals surface area contributed by atoms with Crippen LogP contribution in [-0.4, -0.2) is 24.5 Å². The Labute approximate surface area is 134 Å². The summed E-state index contributed by atoms with van der Waals surface area (Å²) in [4.78, 5) is 2.61. The zero-order valence-electron chi connectivity index (χ0n) is 12.4. The van der Waals surface area contributed by atoms with Crippen LogP contribution in [0.25, 0.3) is 0 Å². The molecule has 0 spiro atoms. The molecule has 2 aromatic carbocycles. The van der Waals surface area contributed by atoms with E-state index >= 15 is 0 Å². The van der Waals surface area contributed by atoms with Gasteiger partial charge >= 0.3 is 0 Å². The van der Waals surface area contributed by atoms with Crippen LogP contribution in [0.5, 0.6) is 0 Å². The Bertz CT molecular complexity index is 466. The summed E-state index contributed by atoms with van der Waals surface area (Å²) in [6, 6.07) is 21.9. The lowest BCUT2D eigenvalue weighted by Gasteiger charge is -2.22. The maximum Gasteiger partial charge on any atom is 0.0101 e. The lowest BCUT2D eigenvalue weighted by atomic mass is 9.88. The van der Waals surface area contributed by atoms with E-state index < -0.39 is 0 Å². The van der Waals surface area contributed by atoms with Crippen molar-refractivity contribution in [1.82, 2.24) is 4.90 Å². The fourth-order valence-electron chi connectivity index (χ4n) is 3.21. The molecule has 21 heavy (non-hydrogen) atoms. The lowest BCUT2D eigenvalue weighted by Crippen LogP contribution is -2.22. The van der Waals surface area contributed by atoms with Gasteiger partial charge in [-0.1, -0.05) is 60.7 Å². The second kappa shape index (κ2) is 8.21. The Morgan fingerprint density at radius 2 is 1.24 bits per heavy atom. The van der Waals surface area contributed by atoms with E-state index in [2.05, 4.69) is 65.6 Å². The van der Waals surface area contributed by atoms with Gasteiger partial charge in [0.25, 0.3) is 0 Å². The van der Waals surface area contributed by atoms with Crippen LogP contribution in [0.15, 0.2) is 60.7 Å². The standard InChI is InChI=1S/C19H23N.ClH/c1-3-9-17(10-4-1)19(18-11-5-2-6-12-18)13-16-20-14-7-8-15-20;/h1-6,9-12,19H,7-8,13-16H2;1H. The third-order valence-electron chi connectivity index (χ3n) is 4.34. The fourth-order valence-corrected chi connectivity index (χ4v) is 3.21. The normalized spacial score (nSPS) is 15.1. The zero-order valence-corrected chi connectivity index (χ0v) is 13.3. The van der Waals surface area contributed by atoms with Crippen LogP contribution in [-0.2, 0) is 0 Å². The molecule has 0 bridgehead atoms. The Kier molecular flexibility index (Phi) is 6.28. The molecular weight excluding hydrogens is 278 g/mol. The second-order valence-electron chi connectivity index (χ2n) is 5.71. The Morgan fingerprint density at radius 3 is 1.71 bits per heavy atom. The van der Waals surface area contributed by atoms with Crippen molar-refractivity contribution in [2.75, 3.05) is 19.6 Å². The highest BCUT2D eigenvalue weighted by molar-refractivity contribution is 5.85. The molecule has 1 nitrogen and oxygen atoms in total. The van der Waals surface area contributed by atoms with Gasteiger partial charge in [-0.3, -0.25) is 0 Å². The number of hydrogen-bond acceptors (Lipinski definition) is 1. The second-order valence-corrected chi connectivity index (χ2v) is 5.71. The van der Waals surface area contributed by atoms with Gasteiger partial charge < -0.3 is 4.90 Å². The van der Waals surface area contributed by atoms with E-state index in [1.807, 2.05) is 0 Å². The van der Waals surface area contributed by atoms with E-state index in [9.17, 15) is 0 Å². The topological polar surface area (TPSA) is 3.24 Å². The van der Waals surface area contributed by atoms with Crippen LogP contribution >= 0.6 is 12.4 Å². The summed E-state index contributed by atoms with van der Waals surface area (Å²) >= 11 is 0. The van der Waals surface area contributed by atoms with E-state index in [1.165, 1.54) is 50.0 Å². The number of likely N-dealkylation sites (tertiary alicyclic amines) is 1. The summed E-state index contributed by atoms with van der Waals surface area (Å²) in [5.74, 6) is 0.526. The van der Waals surface area contributed by atoms with Crippen LogP contribution < -0.4 is 0 Å². The maximum absolute atomic E-state index is 2.61. The first-order valence-electron chi connectivity index (χ1n) is 7.76. The summed E-state index contributed by atoms with van der Waals surface area (Å²) in [6.45, 7) is 3.79. The highest BCUT2D eigenvalue weighted by Crippen LogP contribution is 2.28. The molecule has 3 rings (SSSR count). The summed E-state index contributed by atoms with van der Waals surface area (Å²) < 4.78 is 0. The minimum Gasteiger partial charge on any atom is -0.303 e. The van der Waals surface area contributed by atoms with Crippen LogP contribution in [0.1, 0.15) is 36.3 Å². The monoisotopic (exact) mass is 301 g/mol. The van der Waals surface area contributed by atoms with Gasteiger partial charge in [-0.2, -0.15) is 0 Å². The molecule has 1 saturated heterocycles. The summed E-state index contributed by atoms with van der Waals surface area (Å²) in [7, 11) is 0. The van der Waals surface area contributed by atoms with Crippen molar-refractivity contribution in [3.63, 3.8) is 0 Å². The largest absolute Gasteiger partial charge is 0.303 e. The van der Waals surface area contributed by atoms with E-state index in [0.29, 0.717) is 5.92 Å². The molecular formula is C19H24ClN. The average molecular weight is 302 g/mol. The maximum atomic E-state index is 2.61. The Hall–Kier alpha value is -1.31. The number of rotatable bonds is 5. The number of hydrogen-bond donors (Lipinski definition) is 0. The van der Waals surface area contributed by atoms with E-state index in [4.69, 9.17) is 0 Å². The molecule has 2 heteroatoms. The Balaban J connectivity index is 0.00000161. The molecule has 0 atom stereocenters. The molecule has 1 aliphatic heterocycles. The molecule has 2 aromatic rings. The number of nitrogens with zero attached hydrogens (tertiary/aromatic N) is 1. The van der Waals surface area contributed by atoms with Gasteiger partial charge in [0.2, 0.25) is 0 Å². The molecule has 1 fully saturated rings. The first kappa shape index (κ1) is 16.1. The van der Waals surface area contributed by atoms with Gasteiger partial charge in [0, 0.05) is 5.92 Å². The highest BCUT2D eigenvalue weighted by atomic mass is 35.5. The third-order valence-corrected chi connectivity index (χ3v) is 4.34. The first-order chi connectivity index (χ1) is 9.93. The van der Waals surface area contributed by atoms with Gasteiger partial charge in [-0.05, 0) is 50.0 Å². The van der Waals surface area contributed by atoms with E-state index in [0.717, 1.165) is 0 Å². The molecule has 0 unspecified atom stereocenters. The average Bonchev–Trinajstić information content (AvgIpc) is 3.03. The fraction of sp³-hybridized carbons (Fsp3) is 0.368. The van der Waals surface area contributed by atoms with Gasteiger partial charge in [0.05, 0.1) is 0 Å². The van der Waals surface area contributed by atoms with Crippen molar-refractivity contribution in [1.29, 1.82) is 0 Å². The Morgan fingerprint density at radius 1 is 0.762 bits per heavy atom.